The predicted molar refractivity (Wildman–Crippen MR) is 55.6 cm³/mol. The molecule has 7 heteroatoms. The average Bonchev–Trinajstić information content (AvgIpc) is 2.19. The number of halogens is 1. The van der Waals surface area contributed by atoms with E-state index in [1.807, 2.05) is 0 Å². The van der Waals surface area contributed by atoms with E-state index >= 15 is 0 Å². The van der Waals surface area contributed by atoms with Crippen LogP contribution in [0.25, 0.3) is 11.0 Å². The summed E-state index contributed by atoms with van der Waals surface area (Å²) in [5.41, 5.74) is 6.02. The fourth-order valence-electron chi connectivity index (χ4n) is 1.20. The molecular formula is C8H5ClN4O2. The molecule has 0 radical (unpaired) electrons. The molecule has 0 amide bonds. The van der Waals surface area contributed by atoms with Gasteiger partial charge < -0.3 is 5.73 Å². The van der Waals surface area contributed by atoms with Gasteiger partial charge >= 0.3 is 5.69 Å². The van der Waals surface area contributed by atoms with Crippen molar-refractivity contribution in [3.05, 3.63) is 33.6 Å². The molecule has 0 saturated carbocycles. The number of nitrogen functional groups attached to an aromatic ring is 1. The van der Waals surface area contributed by atoms with E-state index in [0.717, 1.165) is 6.20 Å². The summed E-state index contributed by atoms with van der Waals surface area (Å²) >= 11 is 5.66. The van der Waals surface area contributed by atoms with Crippen molar-refractivity contribution in [2.45, 2.75) is 0 Å². The van der Waals surface area contributed by atoms with Crippen LogP contribution in [0.1, 0.15) is 0 Å². The van der Waals surface area contributed by atoms with Crippen LogP contribution in [0.15, 0.2) is 18.3 Å². The zero-order chi connectivity index (χ0) is 11.0. The Kier molecular flexibility index (Phi) is 2.12. The molecule has 0 fully saturated rings. The Balaban J connectivity index is 2.82. The highest BCUT2D eigenvalue weighted by molar-refractivity contribution is 6.29. The number of pyridine rings is 2. The Morgan fingerprint density at radius 1 is 1.47 bits per heavy atom. The molecule has 2 rings (SSSR count). The molecule has 0 aromatic carbocycles. The van der Waals surface area contributed by atoms with Crippen LogP contribution in [0.3, 0.4) is 0 Å². The normalized spacial score (nSPS) is 10.5. The molecule has 0 spiro atoms. The summed E-state index contributed by atoms with van der Waals surface area (Å²) in [5.74, 6) is 0. The number of hydrogen-bond donors (Lipinski definition) is 1. The van der Waals surface area contributed by atoms with Crippen LogP contribution >= 0.6 is 11.6 Å². The molecule has 76 valence electrons. The molecule has 0 aliphatic carbocycles. The van der Waals surface area contributed by atoms with E-state index in [1.165, 1.54) is 0 Å². The Hall–Kier alpha value is -1.95. The monoisotopic (exact) mass is 224 g/mol. The number of anilines is 1. The summed E-state index contributed by atoms with van der Waals surface area (Å²) in [6.07, 6.45) is 1.10. The van der Waals surface area contributed by atoms with Crippen molar-refractivity contribution in [2.75, 3.05) is 5.73 Å². The molecule has 2 aromatic heterocycles. The Labute approximate surface area is 88.8 Å². The molecule has 0 aliphatic heterocycles. The lowest BCUT2D eigenvalue weighted by molar-refractivity contribution is -0.384. The highest BCUT2D eigenvalue weighted by Gasteiger charge is 2.16. The second-order valence-electron chi connectivity index (χ2n) is 2.82. The van der Waals surface area contributed by atoms with Gasteiger partial charge in [-0.1, -0.05) is 11.6 Å². The lowest BCUT2D eigenvalue weighted by atomic mass is 10.2. The fraction of sp³-hybridized carbons (Fsp3) is 0. The first-order valence-electron chi connectivity index (χ1n) is 3.94. The Bertz CT molecular complexity index is 558. The van der Waals surface area contributed by atoms with Gasteiger partial charge in [0.05, 0.1) is 10.4 Å². The number of fused-ring (bicyclic) bond motifs is 1. The number of aromatic nitrogens is 2. The van der Waals surface area contributed by atoms with Crippen LogP contribution in [0.4, 0.5) is 11.4 Å². The summed E-state index contributed by atoms with van der Waals surface area (Å²) in [5, 5.41) is 10.8. The zero-order valence-corrected chi connectivity index (χ0v) is 8.10. The number of nitro groups is 1. The largest absolute Gasteiger partial charge is 0.391 e. The SMILES string of the molecule is Nc1c([N+](=O)[O-])cnc2ccc(Cl)nc12. The van der Waals surface area contributed by atoms with Crippen LogP contribution in [0.5, 0.6) is 0 Å². The third-order valence-electron chi connectivity index (χ3n) is 1.89. The maximum Gasteiger partial charge on any atom is 0.312 e. The van der Waals surface area contributed by atoms with Crippen molar-refractivity contribution >= 4 is 34.0 Å². The number of hydrogen-bond acceptors (Lipinski definition) is 5. The Morgan fingerprint density at radius 3 is 2.87 bits per heavy atom. The lowest BCUT2D eigenvalue weighted by Crippen LogP contribution is -1.99. The van der Waals surface area contributed by atoms with Crippen LogP contribution in [-0.4, -0.2) is 14.9 Å². The maximum atomic E-state index is 10.6. The van der Waals surface area contributed by atoms with Gasteiger partial charge in [0.1, 0.15) is 22.6 Å². The first kappa shape index (κ1) is 9.60. The van der Waals surface area contributed by atoms with Crippen molar-refractivity contribution in [1.29, 1.82) is 0 Å². The summed E-state index contributed by atoms with van der Waals surface area (Å²) < 4.78 is 0. The van der Waals surface area contributed by atoms with Crippen LogP contribution in [-0.2, 0) is 0 Å². The minimum atomic E-state index is -0.607. The second kappa shape index (κ2) is 3.32. The quantitative estimate of drug-likeness (QED) is 0.453. The van der Waals surface area contributed by atoms with E-state index < -0.39 is 4.92 Å². The van der Waals surface area contributed by atoms with Gasteiger partial charge in [0.2, 0.25) is 0 Å². The zero-order valence-electron chi connectivity index (χ0n) is 7.35. The van der Waals surface area contributed by atoms with Crippen LogP contribution < -0.4 is 5.73 Å². The van der Waals surface area contributed by atoms with Gasteiger partial charge in [0, 0.05) is 0 Å². The second-order valence-corrected chi connectivity index (χ2v) is 3.20. The highest BCUT2D eigenvalue weighted by Crippen LogP contribution is 2.27. The minimum Gasteiger partial charge on any atom is -0.391 e. The van der Waals surface area contributed by atoms with Crippen molar-refractivity contribution in [3.63, 3.8) is 0 Å². The molecule has 0 atom stereocenters. The molecule has 2 N–H and O–H groups in total. The van der Waals surface area contributed by atoms with Gasteiger partial charge in [-0.05, 0) is 12.1 Å². The number of rotatable bonds is 1. The molecule has 6 nitrogen and oxygen atoms in total. The van der Waals surface area contributed by atoms with Gasteiger partial charge in [-0.25, -0.2) is 9.97 Å². The van der Waals surface area contributed by atoms with E-state index in [1.54, 1.807) is 12.1 Å². The number of nitrogens with two attached hydrogens (primary N) is 1. The topological polar surface area (TPSA) is 94.9 Å². The van der Waals surface area contributed by atoms with E-state index in [9.17, 15) is 10.1 Å². The van der Waals surface area contributed by atoms with Gasteiger partial charge in [-0.2, -0.15) is 0 Å². The molecule has 0 aliphatic rings. The molecule has 0 saturated heterocycles. The lowest BCUT2D eigenvalue weighted by Gasteiger charge is -2.01. The maximum absolute atomic E-state index is 10.6. The van der Waals surface area contributed by atoms with Gasteiger partial charge in [-0.15, -0.1) is 0 Å². The average molecular weight is 225 g/mol. The van der Waals surface area contributed by atoms with Gasteiger partial charge in [0.15, 0.2) is 0 Å². The van der Waals surface area contributed by atoms with Crippen molar-refractivity contribution in [3.8, 4) is 0 Å². The first-order valence-corrected chi connectivity index (χ1v) is 4.32. The van der Waals surface area contributed by atoms with Crippen LogP contribution in [0, 0.1) is 10.1 Å². The molecule has 2 heterocycles. The molecular weight excluding hydrogens is 220 g/mol. The van der Waals surface area contributed by atoms with Gasteiger partial charge in [-0.3, -0.25) is 10.1 Å². The molecule has 0 unspecified atom stereocenters. The molecule has 0 bridgehead atoms. The van der Waals surface area contributed by atoms with Crippen molar-refractivity contribution in [2.24, 2.45) is 0 Å². The van der Waals surface area contributed by atoms with Crippen LogP contribution in [0.2, 0.25) is 5.15 Å². The fourth-order valence-corrected chi connectivity index (χ4v) is 1.34. The van der Waals surface area contributed by atoms with Crippen molar-refractivity contribution < 1.29 is 4.92 Å². The summed E-state index contributed by atoms with van der Waals surface area (Å²) in [6, 6.07) is 3.15. The van der Waals surface area contributed by atoms with E-state index in [-0.39, 0.29) is 22.0 Å². The summed E-state index contributed by atoms with van der Waals surface area (Å²) in [6.45, 7) is 0. The highest BCUT2D eigenvalue weighted by atomic mass is 35.5. The summed E-state index contributed by atoms with van der Waals surface area (Å²) in [7, 11) is 0. The number of nitrogens with zero attached hydrogens (tertiary/aromatic N) is 3. The van der Waals surface area contributed by atoms with E-state index in [4.69, 9.17) is 17.3 Å². The standard InChI is InChI=1S/C8H5ClN4O2/c9-6-2-1-4-8(12-6)7(10)5(3-11-4)13(14)15/h1-3H,(H2,10,11). The summed E-state index contributed by atoms with van der Waals surface area (Å²) in [4.78, 5) is 17.7. The molecule has 2 aromatic rings. The smallest absolute Gasteiger partial charge is 0.312 e. The van der Waals surface area contributed by atoms with E-state index in [2.05, 4.69) is 9.97 Å². The van der Waals surface area contributed by atoms with E-state index in [0.29, 0.717) is 5.52 Å². The first-order chi connectivity index (χ1) is 7.09. The predicted octanol–water partition coefficient (Wildman–Crippen LogP) is 1.77. The van der Waals surface area contributed by atoms with Gasteiger partial charge in [0.25, 0.3) is 0 Å². The molecule has 15 heavy (non-hydrogen) atoms. The van der Waals surface area contributed by atoms with Crippen molar-refractivity contribution in [1.82, 2.24) is 9.97 Å². The Morgan fingerprint density at radius 2 is 2.20 bits per heavy atom. The third-order valence-corrected chi connectivity index (χ3v) is 2.10. The third kappa shape index (κ3) is 1.55. The minimum absolute atomic E-state index is 0.0208.